The maximum absolute atomic E-state index is 13.8. The molecule has 0 spiro atoms. The molecule has 0 saturated heterocycles. The summed E-state index contributed by atoms with van der Waals surface area (Å²) in [5.41, 5.74) is 3.27. The van der Waals surface area contributed by atoms with Gasteiger partial charge in [0.05, 0.1) is 20.3 Å². The zero-order valence-corrected chi connectivity index (χ0v) is 22.6. The molecular formula is C32H35NO7. The van der Waals surface area contributed by atoms with Crippen LogP contribution in [0.3, 0.4) is 0 Å². The molecule has 0 aliphatic heterocycles. The maximum atomic E-state index is 13.8. The van der Waals surface area contributed by atoms with E-state index in [1.807, 2.05) is 18.5 Å². The minimum Gasteiger partial charge on any atom is -0.508 e. The highest BCUT2D eigenvalue weighted by atomic mass is 16.5. The molecule has 0 saturated carbocycles. The number of Topliss-reactive ketones (excluding diaryl/α,β-unsaturated/α-hetero) is 1. The van der Waals surface area contributed by atoms with E-state index in [0.29, 0.717) is 36.3 Å². The highest BCUT2D eigenvalue weighted by Crippen LogP contribution is 2.33. The molecule has 1 aromatic heterocycles. The zero-order valence-electron chi connectivity index (χ0n) is 22.6. The summed E-state index contributed by atoms with van der Waals surface area (Å²) in [6, 6.07) is 18.5. The van der Waals surface area contributed by atoms with Gasteiger partial charge < -0.3 is 34.9 Å². The Hall–Kier alpha value is -4.43. The molecule has 4 aromatic rings. The number of aromatic amines is 1. The van der Waals surface area contributed by atoms with Gasteiger partial charge in [-0.3, -0.25) is 4.79 Å². The number of nitrogens with one attached hydrogen (secondary N) is 1. The lowest BCUT2D eigenvalue weighted by Gasteiger charge is -2.25. The van der Waals surface area contributed by atoms with Gasteiger partial charge in [-0.25, -0.2) is 0 Å². The minimum atomic E-state index is -0.962. The number of aromatic hydroxyl groups is 3. The highest BCUT2D eigenvalue weighted by Gasteiger charge is 2.29. The summed E-state index contributed by atoms with van der Waals surface area (Å²) in [7, 11) is 2.94. The zero-order chi connectivity index (χ0) is 28.6. The van der Waals surface area contributed by atoms with Gasteiger partial charge in [0.15, 0.2) is 23.0 Å². The van der Waals surface area contributed by atoms with Gasteiger partial charge in [-0.05, 0) is 89.9 Å². The third-order valence-corrected chi connectivity index (χ3v) is 7.20. The van der Waals surface area contributed by atoms with Crippen molar-refractivity contribution in [2.24, 2.45) is 5.92 Å². The van der Waals surface area contributed by atoms with E-state index in [0.717, 1.165) is 16.7 Å². The molecule has 4 rings (SSSR count). The number of aromatic nitrogens is 1. The molecule has 8 nitrogen and oxygen atoms in total. The fourth-order valence-electron chi connectivity index (χ4n) is 5.04. The van der Waals surface area contributed by atoms with Crippen LogP contribution in [0.4, 0.5) is 0 Å². The Bertz CT molecular complexity index is 1420. The Balaban J connectivity index is 1.59. The van der Waals surface area contributed by atoms with Crippen LogP contribution in [0.1, 0.15) is 34.6 Å². The van der Waals surface area contributed by atoms with E-state index in [-0.39, 0.29) is 35.4 Å². The third-order valence-electron chi connectivity index (χ3n) is 7.20. The number of H-pyrrole nitrogens is 1. The topological polar surface area (TPSA) is 132 Å². The second-order valence-electron chi connectivity index (χ2n) is 9.99. The minimum absolute atomic E-state index is 0.000337. The number of methoxy groups -OCH3 is 2. The van der Waals surface area contributed by atoms with E-state index in [9.17, 15) is 25.2 Å². The Morgan fingerprint density at radius 2 is 1.43 bits per heavy atom. The Labute approximate surface area is 233 Å². The van der Waals surface area contributed by atoms with Crippen molar-refractivity contribution in [3.8, 4) is 28.7 Å². The molecule has 5 N–H and O–H groups in total. The van der Waals surface area contributed by atoms with Crippen LogP contribution in [0.5, 0.6) is 28.7 Å². The molecule has 0 fully saturated rings. The van der Waals surface area contributed by atoms with Crippen LogP contribution >= 0.6 is 0 Å². The number of phenolic OH excluding ortho intramolecular Hbond substituents is 3. The van der Waals surface area contributed by atoms with Crippen LogP contribution < -0.4 is 9.47 Å². The van der Waals surface area contributed by atoms with Crippen LogP contribution in [0.25, 0.3) is 0 Å². The molecule has 8 heteroatoms. The van der Waals surface area contributed by atoms with Crippen LogP contribution in [0.15, 0.2) is 79.1 Å². The molecule has 1 heterocycles. The number of benzene rings is 3. The van der Waals surface area contributed by atoms with Crippen LogP contribution in [0, 0.1) is 5.92 Å². The summed E-state index contributed by atoms with van der Waals surface area (Å²) in [4.78, 5) is 16.9. The van der Waals surface area contributed by atoms with Crippen molar-refractivity contribution < 1.29 is 34.7 Å². The van der Waals surface area contributed by atoms with E-state index in [1.165, 1.54) is 20.3 Å². The number of phenols is 3. The van der Waals surface area contributed by atoms with Crippen LogP contribution in [-0.2, 0) is 24.1 Å². The molecule has 0 radical (unpaired) electrons. The number of rotatable bonds is 13. The second kappa shape index (κ2) is 13.1. The first-order chi connectivity index (χ1) is 19.3. The first kappa shape index (κ1) is 28.6. The molecule has 3 aromatic carbocycles. The molecule has 0 bridgehead atoms. The first-order valence-electron chi connectivity index (χ1n) is 13.1. The van der Waals surface area contributed by atoms with E-state index in [1.54, 1.807) is 54.6 Å². The van der Waals surface area contributed by atoms with Crippen molar-refractivity contribution >= 4 is 5.78 Å². The molecule has 210 valence electrons. The number of carbonyl (C=O) groups is 1. The summed E-state index contributed by atoms with van der Waals surface area (Å²) in [6.07, 6.45) is 3.92. The smallest absolute Gasteiger partial charge is 0.160 e. The van der Waals surface area contributed by atoms with Gasteiger partial charge in [-0.15, -0.1) is 0 Å². The quantitative estimate of drug-likeness (QED) is 0.161. The molecule has 40 heavy (non-hydrogen) atoms. The molecule has 0 aliphatic rings. The van der Waals surface area contributed by atoms with Gasteiger partial charge in [-0.2, -0.15) is 0 Å². The van der Waals surface area contributed by atoms with Gasteiger partial charge in [0, 0.05) is 24.7 Å². The van der Waals surface area contributed by atoms with E-state index >= 15 is 0 Å². The van der Waals surface area contributed by atoms with Gasteiger partial charge in [0.1, 0.15) is 11.5 Å². The molecule has 3 atom stereocenters. The normalized spacial score (nSPS) is 13.4. The summed E-state index contributed by atoms with van der Waals surface area (Å²) in [5.74, 6) is -0.389. The van der Waals surface area contributed by atoms with Gasteiger partial charge >= 0.3 is 0 Å². The van der Waals surface area contributed by atoms with Crippen molar-refractivity contribution in [1.82, 2.24) is 4.98 Å². The SMILES string of the molecule is COc1cc(C[C@H](Cc2cc[nH]c2)[C@H](O)CC(=O)[C@H](Cc2ccc(O)c(OC)c2)c2cccc(O)c2)ccc1O. The molecule has 0 unspecified atom stereocenters. The van der Waals surface area contributed by atoms with Crippen molar-refractivity contribution in [2.75, 3.05) is 14.2 Å². The number of aliphatic hydroxyl groups excluding tert-OH is 1. The Kier molecular flexibility index (Phi) is 9.35. The van der Waals surface area contributed by atoms with E-state index < -0.39 is 12.0 Å². The van der Waals surface area contributed by atoms with Crippen molar-refractivity contribution in [1.29, 1.82) is 0 Å². The predicted octanol–water partition coefficient (Wildman–Crippen LogP) is 4.90. The summed E-state index contributed by atoms with van der Waals surface area (Å²) in [5, 5.41) is 41.6. The summed E-state index contributed by atoms with van der Waals surface area (Å²) in [6.45, 7) is 0. The van der Waals surface area contributed by atoms with E-state index in [2.05, 4.69) is 4.98 Å². The molecular weight excluding hydrogens is 510 g/mol. The number of ketones is 1. The number of hydrogen-bond acceptors (Lipinski definition) is 7. The molecule has 0 amide bonds. The maximum Gasteiger partial charge on any atom is 0.160 e. The van der Waals surface area contributed by atoms with E-state index in [4.69, 9.17) is 9.47 Å². The number of hydrogen-bond donors (Lipinski definition) is 5. The first-order valence-corrected chi connectivity index (χ1v) is 13.1. The van der Waals surface area contributed by atoms with Crippen molar-refractivity contribution in [3.05, 3.63) is 101 Å². The Morgan fingerprint density at radius 1 is 0.800 bits per heavy atom. The summed E-state index contributed by atoms with van der Waals surface area (Å²) < 4.78 is 10.5. The highest BCUT2D eigenvalue weighted by molar-refractivity contribution is 5.86. The third kappa shape index (κ3) is 7.15. The standard InChI is InChI=1S/C32H35NO7/c1-39-31-15-20(6-8-27(31)35)12-24(13-22-10-11-33-19-22)29(37)18-30(38)26(23-4-3-5-25(34)17-23)14-21-7-9-28(36)32(16-21)40-2/h3-11,15-17,19,24,26,29,33-37H,12-14,18H2,1-2H3/t24-,26-,29-/m1/s1. The number of carbonyl (C=O) groups excluding carboxylic acids is 1. The monoisotopic (exact) mass is 545 g/mol. The van der Waals surface area contributed by atoms with Crippen molar-refractivity contribution in [3.63, 3.8) is 0 Å². The lowest BCUT2D eigenvalue weighted by molar-refractivity contribution is -0.123. The lowest BCUT2D eigenvalue weighted by atomic mass is 9.81. The fourth-order valence-corrected chi connectivity index (χ4v) is 5.04. The Morgan fingerprint density at radius 3 is 2.00 bits per heavy atom. The largest absolute Gasteiger partial charge is 0.508 e. The fraction of sp³-hybridized carbons (Fsp3) is 0.281. The summed E-state index contributed by atoms with van der Waals surface area (Å²) >= 11 is 0. The van der Waals surface area contributed by atoms with Crippen LogP contribution in [-0.4, -0.2) is 51.5 Å². The van der Waals surface area contributed by atoms with Gasteiger partial charge in [-0.1, -0.05) is 24.3 Å². The number of ether oxygens (including phenoxy) is 2. The second-order valence-corrected chi connectivity index (χ2v) is 9.99. The number of aliphatic hydroxyl groups is 1. The average molecular weight is 546 g/mol. The average Bonchev–Trinajstić information content (AvgIpc) is 3.46. The lowest BCUT2D eigenvalue weighted by Crippen LogP contribution is -2.30. The van der Waals surface area contributed by atoms with Crippen molar-refractivity contribution in [2.45, 2.75) is 37.7 Å². The molecule has 0 aliphatic carbocycles. The van der Waals surface area contributed by atoms with Gasteiger partial charge in [0.2, 0.25) is 0 Å². The predicted molar refractivity (Wildman–Crippen MR) is 151 cm³/mol. The van der Waals surface area contributed by atoms with Crippen LogP contribution in [0.2, 0.25) is 0 Å². The van der Waals surface area contributed by atoms with Gasteiger partial charge in [0.25, 0.3) is 0 Å².